The van der Waals surface area contributed by atoms with Gasteiger partial charge in [-0.05, 0) is 42.0 Å². The van der Waals surface area contributed by atoms with Crippen LogP contribution >= 0.6 is 0 Å². The molecule has 0 aromatic heterocycles. The second-order valence-electron chi connectivity index (χ2n) is 8.16. The fraction of sp³-hybridized carbons (Fsp3) is 0.333. The van der Waals surface area contributed by atoms with Crippen LogP contribution in [0.25, 0.3) is 16.7 Å². The van der Waals surface area contributed by atoms with Gasteiger partial charge in [0.05, 0.1) is 0 Å². The van der Waals surface area contributed by atoms with E-state index in [1.165, 1.54) is 12.5 Å². The van der Waals surface area contributed by atoms with E-state index in [-0.39, 0.29) is 6.42 Å². The van der Waals surface area contributed by atoms with Crippen LogP contribution in [0.2, 0.25) is 0 Å². The molecule has 1 heterocycles. The highest BCUT2D eigenvalue weighted by Crippen LogP contribution is 2.27. The number of hydrogen-bond donors (Lipinski definition) is 1. The Kier molecular flexibility index (Phi) is 6.77. The Hall–Kier alpha value is -2.77. The van der Waals surface area contributed by atoms with E-state index >= 15 is 0 Å². The molecule has 0 radical (unpaired) electrons. The molecule has 6 nitrogen and oxygen atoms in total. The van der Waals surface area contributed by atoms with Crippen molar-refractivity contribution in [3.63, 3.8) is 0 Å². The highest BCUT2D eigenvalue weighted by molar-refractivity contribution is 7.92. The number of carboxylic acid groups (broad SMARTS) is 1. The maximum Gasteiger partial charge on any atom is 0.324 e. The first-order valence-electron chi connectivity index (χ1n) is 10.1. The molecular formula is C24H27NO5S. The smallest absolute Gasteiger partial charge is 0.324 e. The van der Waals surface area contributed by atoms with E-state index in [1.54, 1.807) is 12.1 Å². The zero-order valence-corrected chi connectivity index (χ0v) is 18.6. The normalized spacial score (nSPS) is 16.9. The lowest BCUT2D eigenvalue weighted by Gasteiger charge is -2.30. The van der Waals surface area contributed by atoms with E-state index in [9.17, 15) is 23.1 Å². The van der Waals surface area contributed by atoms with Gasteiger partial charge in [0, 0.05) is 31.5 Å². The third-order valence-electron chi connectivity index (χ3n) is 6.10. The second-order valence-corrected chi connectivity index (χ2v) is 10.6. The molecule has 2 aromatic rings. The van der Waals surface area contributed by atoms with Crippen LogP contribution in [0.4, 0.5) is 0 Å². The fourth-order valence-electron chi connectivity index (χ4n) is 3.63. The number of nitrogens with zero attached hydrogens (tertiary/aromatic N) is 1. The molecule has 0 aliphatic carbocycles. The van der Waals surface area contributed by atoms with Crippen molar-refractivity contribution in [1.29, 1.82) is 0 Å². The average Bonchev–Trinajstić information content (AvgIpc) is 2.77. The second kappa shape index (κ2) is 9.16. The minimum atomic E-state index is -3.71. The minimum Gasteiger partial charge on any atom is -0.480 e. The predicted molar refractivity (Wildman–Crippen MR) is 122 cm³/mol. The van der Waals surface area contributed by atoms with Gasteiger partial charge in [0.1, 0.15) is 6.29 Å². The van der Waals surface area contributed by atoms with Gasteiger partial charge in [-0.25, -0.2) is 8.42 Å². The molecule has 0 saturated carbocycles. The monoisotopic (exact) mass is 441 g/mol. The van der Waals surface area contributed by atoms with Crippen LogP contribution in [0.15, 0.2) is 54.6 Å². The van der Waals surface area contributed by atoms with Crippen molar-refractivity contribution < 1.29 is 23.1 Å². The Morgan fingerprint density at radius 3 is 2.06 bits per heavy atom. The Labute approximate surface area is 183 Å². The molecule has 1 unspecified atom stereocenters. The van der Waals surface area contributed by atoms with E-state index in [0.29, 0.717) is 18.7 Å². The summed E-state index contributed by atoms with van der Waals surface area (Å²) >= 11 is 0. The van der Waals surface area contributed by atoms with Gasteiger partial charge in [0.25, 0.3) is 0 Å². The summed E-state index contributed by atoms with van der Waals surface area (Å²) in [6.07, 6.45) is 4.80. The molecule has 0 saturated heterocycles. The van der Waals surface area contributed by atoms with Crippen molar-refractivity contribution in [2.45, 2.75) is 24.5 Å². The van der Waals surface area contributed by atoms with Crippen LogP contribution in [-0.4, -0.2) is 61.3 Å². The van der Waals surface area contributed by atoms with E-state index < -0.39 is 20.6 Å². The van der Waals surface area contributed by atoms with Gasteiger partial charge in [0.2, 0.25) is 0 Å². The van der Waals surface area contributed by atoms with E-state index in [4.69, 9.17) is 0 Å². The SMILES string of the molecule is CC(CCN1CC=C(c2ccc(-c3ccc(C=O)cc3)cc2)CC1)(C(=O)O)S(C)(=O)=O. The summed E-state index contributed by atoms with van der Waals surface area (Å²) in [6.45, 7) is 3.10. The van der Waals surface area contributed by atoms with Gasteiger partial charge in [-0.3, -0.25) is 14.5 Å². The quantitative estimate of drug-likeness (QED) is 0.630. The number of rotatable bonds is 8. The number of aliphatic carboxylic acids is 1. The fourth-order valence-corrected chi connectivity index (χ4v) is 4.41. The number of carbonyl (C=O) groups excluding carboxylic acids is 1. The first-order valence-corrected chi connectivity index (χ1v) is 12.0. The van der Waals surface area contributed by atoms with Crippen molar-refractivity contribution in [2.24, 2.45) is 0 Å². The number of carboxylic acids is 1. The summed E-state index contributed by atoms with van der Waals surface area (Å²) in [6, 6.07) is 15.7. The Balaban J connectivity index is 1.63. The number of carbonyl (C=O) groups is 2. The zero-order valence-electron chi connectivity index (χ0n) is 17.7. The van der Waals surface area contributed by atoms with E-state index in [2.05, 4.69) is 35.2 Å². The van der Waals surface area contributed by atoms with Crippen LogP contribution in [0.5, 0.6) is 0 Å². The average molecular weight is 442 g/mol. The summed E-state index contributed by atoms with van der Waals surface area (Å²) in [5.74, 6) is -1.30. The summed E-state index contributed by atoms with van der Waals surface area (Å²) < 4.78 is 22.1. The van der Waals surface area contributed by atoms with Crippen molar-refractivity contribution in [1.82, 2.24) is 4.90 Å². The minimum absolute atomic E-state index is 0.0575. The first kappa shape index (κ1) is 22.9. The lowest BCUT2D eigenvalue weighted by Crippen LogP contribution is -2.46. The van der Waals surface area contributed by atoms with E-state index in [0.717, 1.165) is 42.2 Å². The Morgan fingerprint density at radius 1 is 1.06 bits per heavy atom. The van der Waals surface area contributed by atoms with Crippen molar-refractivity contribution in [2.75, 3.05) is 25.9 Å². The third kappa shape index (κ3) is 5.11. The lowest BCUT2D eigenvalue weighted by atomic mass is 9.96. The van der Waals surface area contributed by atoms with Crippen molar-refractivity contribution in [3.05, 3.63) is 65.7 Å². The summed E-state index contributed by atoms with van der Waals surface area (Å²) in [5.41, 5.74) is 5.14. The Morgan fingerprint density at radius 2 is 1.61 bits per heavy atom. The van der Waals surface area contributed by atoms with Gasteiger partial charge in [0.15, 0.2) is 14.6 Å². The van der Waals surface area contributed by atoms with Crippen LogP contribution in [0.1, 0.15) is 35.7 Å². The number of benzene rings is 2. The summed E-state index contributed by atoms with van der Waals surface area (Å²) in [7, 11) is -3.71. The first-order chi connectivity index (χ1) is 14.6. The number of hydrogen-bond acceptors (Lipinski definition) is 5. The molecule has 1 atom stereocenters. The largest absolute Gasteiger partial charge is 0.480 e. The maximum absolute atomic E-state index is 11.9. The maximum atomic E-state index is 11.9. The van der Waals surface area contributed by atoms with Crippen molar-refractivity contribution in [3.8, 4) is 11.1 Å². The molecular weight excluding hydrogens is 414 g/mol. The summed E-state index contributed by atoms with van der Waals surface area (Å²) in [4.78, 5) is 24.4. The Bertz CT molecular complexity index is 1090. The molecule has 1 N–H and O–H groups in total. The van der Waals surface area contributed by atoms with Crippen LogP contribution in [0, 0.1) is 0 Å². The molecule has 1 aliphatic rings. The predicted octanol–water partition coefficient (Wildman–Crippen LogP) is 3.53. The highest BCUT2D eigenvalue weighted by atomic mass is 32.2. The lowest BCUT2D eigenvalue weighted by molar-refractivity contribution is -0.139. The molecule has 7 heteroatoms. The zero-order chi connectivity index (χ0) is 22.6. The highest BCUT2D eigenvalue weighted by Gasteiger charge is 2.43. The molecule has 1 aliphatic heterocycles. The number of sulfone groups is 1. The third-order valence-corrected chi connectivity index (χ3v) is 8.12. The molecule has 31 heavy (non-hydrogen) atoms. The van der Waals surface area contributed by atoms with Crippen LogP contribution < -0.4 is 0 Å². The van der Waals surface area contributed by atoms with Gasteiger partial charge in [-0.1, -0.05) is 54.6 Å². The standard InChI is InChI=1S/C24H27NO5S/c1-24(23(27)28,31(2,29)30)13-16-25-14-11-22(12-15-25)21-9-7-20(8-10-21)19-5-3-18(17-26)4-6-19/h3-11,17H,12-16H2,1-2H3,(H,27,28). The molecule has 0 spiro atoms. The molecule has 0 fully saturated rings. The molecule has 2 aromatic carbocycles. The van der Waals surface area contributed by atoms with Crippen LogP contribution in [0.3, 0.4) is 0 Å². The topological polar surface area (TPSA) is 91.8 Å². The molecule has 0 amide bonds. The van der Waals surface area contributed by atoms with Gasteiger partial charge >= 0.3 is 5.97 Å². The van der Waals surface area contributed by atoms with Gasteiger partial charge in [-0.15, -0.1) is 0 Å². The van der Waals surface area contributed by atoms with Gasteiger partial charge in [-0.2, -0.15) is 0 Å². The molecule has 0 bridgehead atoms. The van der Waals surface area contributed by atoms with Crippen LogP contribution in [-0.2, 0) is 14.6 Å². The van der Waals surface area contributed by atoms with Gasteiger partial charge < -0.3 is 5.11 Å². The molecule has 3 rings (SSSR count). The van der Waals surface area contributed by atoms with E-state index in [1.807, 2.05) is 12.1 Å². The molecule has 164 valence electrons. The number of aldehydes is 1. The van der Waals surface area contributed by atoms with Crippen molar-refractivity contribution >= 4 is 27.7 Å². The summed E-state index contributed by atoms with van der Waals surface area (Å²) in [5, 5.41) is 9.39.